The number of aryl methyl sites for hydroxylation is 1. The molecule has 1 saturated heterocycles. The molecule has 2 N–H and O–H groups in total. The Balaban J connectivity index is 1.70. The van der Waals surface area contributed by atoms with Crippen molar-refractivity contribution in [3.8, 4) is 6.07 Å². The number of likely N-dealkylation sites (tertiary alicyclic amines) is 1. The van der Waals surface area contributed by atoms with Crippen LogP contribution in [0.4, 0.5) is 0 Å². The van der Waals surface area contributed by atoms with Gasteiger partial charge in [-0.25, -0.2) is 0 Å². The predicted octanol–water partition coefficient (Wildman–Crippen LogP) is 2.55. The van der Waals surface area contributed by atoms with E-state index in [1.54, 1.807) is 23.1 Å². The van der Waals surface area contributed by atoms with Gasteiger partial charge >= 0.3 is 0 Å². The number of carbonyl (C=O) groups is 2. The first-order chi connectivity index (χ1) is 13.1. The number of nitriles is 1. The Morgan fingerprint density at radius 3 is 2.67 bits per heavy atom. The Kier molecular flexibility index (Phi) is 5.68. The van der Waals surface area contributed by atoms with Gasteiger partial charge in [-0.3, -0.25) is 9.59 Å². The second-order valence-electron chi connectivity index (χ2n) is 6.94. The van der Waals surface area contributed by atoms with Gasteiger partial charge in [-0.15, -0.1) is 0 Å². The van der Waals surface area contributed by atoms with Crippen LogP contribution in [0.2, 0.25) is 0 Å². The van der Waals surface area contributed by atoms with Crippen LogP contribution in [0.25, 0.3) is 0 Å². The second-order valence-corrected chi connectivity index (χ2v) is 6.94. The van der Waals surface area contributed by atoms with Crippen molar-refractivity contribution in [1.82, 2.24) is 4.90 Å². The third kappa shape index (κ3) is 3.76. The third-order valence-electron chi connectivity index (χ3n) is 5.28. The standard InChI is InChI=1S/C22H23N3O2/c23-15-18-8-4-10-19(14-18)20(26)22(16-24)11-13-25(21(22)27)12-5-9-17-6-2-1-3-7-17/h1-4,6-8,10,14H,5,9,11-13,16,24H2. The zero-order valence-corrected chi connectivity index (χ0v) is 15.2. The lowest BCUT2D eigenvalue weighted by molar-refractivity contribution is -0.133. The molecule has 0 aliphatic carbocycles. The minimum Gasteiger partial charge on any atom is -0.342 e. The number of nitrogens with two attached hydrogens (primary N) is 1. The molecule has 27 heavy (non-hydrogen) atoms. The molecule has 1 amide bonds. The number of carbonyl (C=O) groups excluding carboxylic acids is 2. The van der Waals surface area contributed by atoms with Gasteiger partial charge < -0.3 is 10.6 Å². The third-order valence-corrected chi connectivity index (χ3v) is 5.28. The van der Waals surface area contributed by atoms with Gasteiger partial charge in [0.2, 0.25) is 5.91 Å². The molecule has 0 aromatic heterocycles. The number of benzene rings is 2. The molecule has 1 atom stereocenters. The van der Waals surface area contributed by atoms with Gasteiger partial charge in [0.05, 0.1) is 11.6 Å². The zero-order chi connectivity index (χ0) is 19.3. The average Bonchev–Trinajstić information content (AvgIpc) is 3.05. The number of amides is 1. The molecule has 1 aliphatic heterocycles. The van der Waals surface area contributed by atoms with E-state index in [0.29, 0.717) is 30.6 Å². The van der Waals surface area contributed by atoms with E-state index in [4.69, 9.17) is 11.0 Å². The first kappa shape index (κ1) is 18.8. The molecule has 0 spiro atoms. The first-order valence-corrected chi connectivity index (χ1v) is 9.19. The SMILES string of the molecule is N#Cc1cccc(C(=O)C2(CN)CCN(CCCc3ccccc3)C2=O)c1. The highest BCUT2D eigenvalue weighted by Gasteiger charge is 2.51. The van der Waals surface area contributed by atoms with Crippen molar-refractivity contribution in [2.45, 2.75) is 19.3 Å². The fourth-order valence-corrected chi connectivity index (χ4v) is 3.67. The molecule has 1 fully saturated rings. The quantitative estimate of drug-likeness (QED) is 0.606. The van der Waals surface area contributed by atoms with E-state index >= 15 is 0 Å². The van der Waals surface area contributed by atoms with Crippen LogP contribution in [-0.4, -0.2) is 36.2 Å². The molecular weight excluding hydrogens is 338 g/mol. The van der Waals surface area contributed by atoms with Gasteiger partial charge in [0.15, 0.2) is 5.78 Å². The molecule has 5 nitrogen and oxygen atoms in total. The fraction of sp³-hybridized carbons (Fsp3) is 0.318. The average molecular weight is 361 g/mol. The van der Waals surface area contributed by atoms with Gasteiger partial charge in [0, 0.05) is 25.2 Å². The summed E-state index contributed by atoms with van der Waals surface area (Å²) >= 11 is 0. The summed E-state index contributed by atoms with van der Waals surface area (Å²) in [5.41, 5.74) is 6.72. The molecule has 138 valence electrons. The molecule has 0 radical (unpaired) electrons. The van der Waals surface area contributed by atoms with Crippen LogP contribution < -0.4 is 5.73 Å². The molecule has 2 aromatic carbocycles. The number of nitrogens with zero attached hydrogens (tertiary/aromatic N) is 2. The lowest BCUT2D eigenvalue weighted by Gasteiger charge is -2.25. The maximum atomic E-state index is 13.1. The van der Waals surface area contributed by atoms with Crippen LogP contribution in [-0.2, 0) is 11.2 Å². The van der Waals surface area contributed by atoms with Crippen LogP contribution in [0, 0.1) is 16.7 Å². The van der Waals surface area contributed by atoms with Crippen molar-refractivity contribution in [2.75, 3.05) is 19.6 Å². The van der Waals surface area contributed by atoms with Crippen molar-refractivity contribution in [3.63, 3.8) is 0 Å². The van der Waals surface area contributed by atoms with Crippen molar-refractivity contribution >= 4 is 11.7 Å². The Labute approximate surface area is 159 Å². The Morgan fingerprint density at radius 2 is 1.96 bits per heavy atom. The molecule has 0 bridgehead atoms. The monoisotopic (exact) mass is 361 g/mol. The van der Waals surface area contributed by atoms with E-state index in [2.05, 4.69) is 12.1 Å². The van der Waals surface area contributed by atoms with E-state index < -0.39 is 5.41 Å². The largest absolute Gasteiger partial charge is 0.342 e. The van der Waals surface area contributed by atoms with Gasteiger partial charge in [0.1, 0.15) is 5.41 Å². The summed E-state index contributed by atoms with van der Waals surface area (Å²) in [5.74, 6) is -0.469. The second kappa shape index (κ2) is 8.15. The highest BCUT2D eigenvalue weighted by molar-refractivity contribution is 6.15. The fourth-order valence-electron chi connectivity index (χ4n) is 3.67. The topological polar surface area (TPSA) is 87.2 Å². The minimum atomic E-state index is -1.21. The highest BCUT2D eigenvalue weighted by atomic mass is 16.2. The number of hydrogen-bond donors (Lipinski definition) is 1. The lowest BCUT2D eigenvalue weighted by atomic mass is 9.78. The predicted molar refractivity (Wildman–Crippen MR) is 103 cm³/mol. The molecule has 5 heteroatoms. The van der Waals surface area contributed by atoms with Gasteiger partial charge in [0.25, 0.3) is 0 Å². The van der Waals surface area contributed by atoms with Gasteiger partial charge in [-0.05, 0) is 37.0 Å². The van der Waals surface area contributed by atoms with Crippen LogP contribution >= 0.6 is 0 Å². The van der Waals surface area contributed by atoms with E-state index in [1.807, 2.05) is 24.3 Å². The van der Waals surface area contributed by atoms with Crippen LogP contribution in [0.15, 0.2) is 54.6 Å². The maximum absolute atomic E-state index is 13.1. The summed E-state index contributed by atoms with van der Waals surface area (Å²) in [6, 6.07) is 18.6. The van der Waals surface area contributed by atoms with Crippen LogP contribution in [0.5, 0.6) is 0 Å². The maximum Gasteiger partial charge on any atom is 0.238 e. The van der Waals surface area contributed by atoms with E-state index in [1.165, 1.54) is 11.6 Å². The molecular formula is C22H23N3O2. The molecule has 3 rings (SSSR count). The number of hydrogen-bond acceptors (Lipinski definition) is 4. The van der Waals surface area contributed by atoms with Gasteiger partial charge in [-0.2, -0.15) is 5.26 Å². The Bertz CT molecular complexity index is 873. The first-order valence-electron chi connectivity index (χ1n) is 9.19. The summed E-state index contributed by atoms with van der Waals surface area (Å²) in [5, 5.41) is 9.05. The van der Waals surface area contributed by atoms with E-state index in [0.717, 1.165) is 12.8 Å². The van der Waals surface area contributed by atoms with Crippen molar-refractivity contribution in [2.24, 2.45) is 11.1 Å². The molecule has 0 saturated carbocycles. The highest BCUT2D eigenvalue weighted by Crippen LogP contribution is 2.35. The minimum absolute atomic E-state index is 0.0172. The normalized spacial score (nSPS) is 19.1. The summed E-state index contributed by atoms with van der Waals surface area (Å²) in [4.78, 5) is 27.9. The summed E-state index contributed by atoms with van der Waals surface area (Å²) in [7, 11) is 0. The summed E-state index contributed by atoms with van der Waals surface area (Å²) in [6.07, 6.45) is 2.15. The number of rotatable bonds is 7. The van der Waals surface area contributed by atoms with Crippen LogP contribution in [0.1, 0.15) is 34.3 Å². The smallest absolute Gasteiger partial charge is 0.238 e. The number of ketones is 1. The molecule has 1 aliphatic rings. The van der Waals surface area contributed by atoms with Crippen LogP contribution in [0.3, 0.4) is 0 Å². The Hall–Kier alpha value is -2.97. The van der Waals surface area contributed by atoms with Crippen molar-refractivity contribution in [3.05, 3.63) is 71.3 Å². The van der Waals surface area contributed by atoms with Gasteiger partial charge in [-0.1, -0.05) is 42.5 Å². The summed E-state index contributed by atoms with van der Waals surface area (Å²) < 4.78 is 0. The number of Topliss-reactive ketones (excluding diaryl/α,β-unsaturated/α-hetero) is 1. The van der Waals surface area contributed by atoms with Crippen molar-refractivity contribution < 1.29 is 9.59 Å². The molecule has 1 unspecified atom stereocenters. The summed E-state index contributed by atoms with van der Waals surface area (Å²) in [6.45, 7) is 1.13. The van der Waals surface area contributed by atoms with E-state index in [-0.39, 0.29) is 18.2 Å². The van der Waals surface area contributed by atoms with E-state index in [9.17, 15) is 9.59 Å². The Morgan fingerprint density at radius 1 is 1.19 bits per heavy atom. The lowest BCUT2D eigenvalue weighted by Crippen LogP contribution is -2.46. The molecule has 1 heterocycles. The molecule has 2 aromatic rings. The zero-order valence-electron chi connectivity index (χ0n) is 15.2. The van der Waals surface area contributed by atoms with Crippen molar-refractivity contribution in [1.29, 1.82) is 5.26 Å².